The van der Waals surface area contributed by atoms with E-state index in [-0.39, 0.29) is 23.2 Å². The summed E-state index contributed by atoms with van der Waals surface area (Å²) in [6.07, 6.45) is 0.713. The Balaban J connectivity index is 1.78. The number of halogens is 1. The summed E-state index contributed by atoms with van der Waals surface area (Å²) in [5.41, 5.74) is 4.01. The Hall–Kier alpha value is -2.40. The number of aromatic nitrogens is 1. The van der Waals surface area contributed by atoms with E-state index in [0.717, 1.165) is 5.56 Å². The lowest BCUT2D eigenvalue weighted by atomic mass is 10.0. The molecule has 1 amide bonds. The number of pyridine rings is 1. The van der Waals surface area contributed by atoms with E-state index in [9.17, 15) is 9.59 Å². The van der Waals surface area contributed by atoms with Crippen molar-refractivity contribution in [1.29, 1.82) is 0 Å². The normalized spacial score (nSPS) is 10.7. The number of rotatable bonds is 7. The molecule has 6 heteroatoms. The Kier molecular flexibility index (Phi) is 7.36. The molecule has 1 aromatic heterocycles. The summed E-state index contributed by atoms with van der Waals surface area (Å²) >= 11 is 6.01. The molecule has 1 aromatic carbocycles. The first-order valence-electron chi connectivity index (χ1n) is 8.94. The van der Waals surface area contributed by atoms with Crippen molar-refractivity contribution in [1.82, 2.24) is 10.3 Å². The summed E-state index contributed by atoms with van der Waals surface area (Å²) < 4.78 is 5.06. The fraction of sp³-hybridized carbons (Fsp3) is 0.381. The number of hydrogen-bond donors (Lipinski definition) is 1. The SMILES string of the molecule is Cc1cc(C)c(C(=O)OCC(=O)NCCc2ccc(C(C)C)cc2)c(Cl)n1. The van der Waals surface area contributed by atoms with Gasteiger partial charge in [0.05, 0.1) is 5.56 Å². The van der Waals surface area contributed by atoms with E-state index in [2.05, 4.69) is 48.4 Å². The number of benzene rings is 1. The predicted molar refractivity (Wildman–Crippen MR) is 106 cm³/mol. The highest BCUT2D eigenvalue weighted by Crippen LogP contribution is 2.19. The Bertz CT molecular complexity index is 794. The summed E-state index contributed by atoms with van der Waals surface area (Å²) in [7, 11) is 0. The molecule has 0 saturated carbocycles. The Morgan fingerprint density at radius 2 is 1.85 bits per heavy atom. The average molecular weight is 389 g/mol. The molecule has 5 nitrogen and oxygen atoms in total. The van der Waals surface area contributed by atoms with Gasteiger partial charge in [0, 0.05) is 12.2 Å². The van der Waals surface area contributed by atoms with Gasteiger partial charge in [-0.3, -0.25) is 4.79 Å². The van der Waals surface area contributed by atoms with E-state index in [1.807, 2.05) is 0 Å². The maximum absolute atomic E-state index is 12.2. The van der Waals surface area contributed by atoms with Crippen molar-refractivity contribution in [2.45, 2.75) is 40.0 Å². The fourth-order valence-corrected chi connectivity index (χ4v) is 3.07. The molecule has 1 N–H and O–H groups in total. The molecule has 0 aliphatic heterocycles. The van der Waals surface area contributed by atoms with Crippen molar-refractivity contribution in [3.05, 3.63) is 63.4 Å². The summed E-state index contributed by atoms with van der Waals surface area (Å²) in [6, 6.07) is 10.1. The molecule has 2 rings (SSSR count). The van der Waals surface area contributed by atoms with Crippen molar-refractivity contribution < 1.29 is 14.3 Å². The number of carbonyl (C=O) groups excluding carboxylic acids is 2. The maximum Gasteiger partial charge on any atom is 0.342 e. The zero-order chi connectivity index (χ0) is 20.0. The quantitative estimate of drug-likeness (QED) is 0.575. The third-order valence-corrected chi connectivity index (χ3v) is 4.49. The molecule has 0 fully saturated rings. The lowest BCUT2D eigenvalue weighted by Gasteiger charge is -2.10. The molecule has 0 atom stereocenters. The molecule has 0 unspecified atom stereocenters. The van der Waals surface area contributed by atoms with Gasteiger partial charge in [-0.15, -0.1) is 0 Å². The highest BCUT2D eigenvalue weighted by atomic mass is 35.5. The molecule has 0 bridgehead atoms. The number of amides is 1. The average Bonchev–Trinajstić information content (AvgIpc) is 2.59. The Labute approximate surface area is 165 Å². The van der Waals surface area contributed by atoms with E-state index in [1.54, 1.807) is 19.9 Å². The standard InChI is InChI=1S/C21H25ClN2O3/c1-13(2)17-7-5-16(6-8-17)9-10-23-18(25)12-27-21(26)19-14(3)11-15(4)24-20(19)22/h5-8,11,13H,9-10,12H2,1-4H3,(H,23,25). The van der Waals surface area contributed by atoms with Gasteiger partial charge in [-0.2, -0.15) is 0 Å². The topological polar surface area (TPSA) is 68.3 Å². The smallest absolute Gasteiger partial charge is 0.342 e. The van der Waals surface area contributed by atoms with Gasteiger partial charge in [-0.1, -0.05) is 49.7 Å². The van der Waals surface area contributed by atoms with Crippen LogP contribution < -0.4 is 5.32 Å². The zero-order valence-corrected chi connectivity index (χ0v) is 16.9. The van der Waals surface area contributed by atoms with E-state index >= 15 is 0 Å². The Morgan fingerprint density at radius 3 is 2.44 bits per heavy atom. The van der Waals surface area contributed by atoms with Crippen LogP contribution in [0.1, 0.15) is 52.5 Å². The van der Waals surface area contributed by atoms with Crippen LogP contribution >= 0.6 is 11.6 Å². The molecule has 1 heterocycles. The van der Waals surface area contributed by atoms with E-state index < -0.39 is 5.97 Å². The molecule has 0 spiro atoms. The minimum absolute atomic E-state index is 0.0859. The first kappa shape index (κ1) is 20.9. The van der Waals surface area contributed by atoms with Gasteiger partial charge in [-0.05, 0) is 48.9 Å². The molecular weight excluding hydrogens is 364 g/mol. The van der Waals surface area contributed by atoms with Crippen molar-refractivity contribution in [3.63, 3.8) is 0 Å². The number of nitrogens with zero attached hydrogens (tertiary/aromatic N) is 1. The first-order chi connectivity index (χ1) is 12.8. The maximum atomic E-state index is 12.2. The number of aryl methyl sites for hydroxylation is 2. The monoisotopic (exact) mass is 388 g/mol. The number of ether oxygens (including phenoxy) is 1. The van der Waals surface area contributed by atoms with Crippen LogP contribution in [-0.4, -0.2) is 30.0 Å². The fourth-order valence-electron chi connectivity index (χ4n) is 2.71. The number of nitrogens with one attached hydrogen (secondary N) is 1. The number of esters is 1. The van der Waals surface area contributed by atoms with Crippen molar-refractivity contribution in [3.8, 4) is 0 Å². The van der Waals surface area contributed by atoms with Gasteiger partial charge in [0.15, 0.2) is 6.61 Å². The molecule has 27 heavy (non-hydrogen) atoms. The van der Waals surface area contributed by atoms with Crippen molar-refractivity contribution in [2.24, 2.45) is 0 Å². The second kappa shape index (κ2) is 9.51. The molecule has 0 aliphatic rings. The largest absolute Gasteiger partial charge is 0.452 e. The summed E-state index contributed by atoms with van der Waals surface area (Å²) in [5, 5.41) is 2.83. The minimum Gasteiger partial charge on any atom is -0.452 e. The van der Waals surface area contributed by atoms with Gasteiger partial charge in [0.2, 0.25) is 0 Å². The summed E-state index contributed by atoms with van der Waals surface area (Å²) in [5.74, 6) is -0.505. The molecular formula is C21H25ClN2O3. The second-order valence-electron chi connectivity index (χ2n) is 6.82. The molecule has 0 aliphatic carbocycles. The molecule has 144 valence electrons. The number of hydrogen-bond acceptors (Lipinski definition) is 4. The van der Waals surface area contributed by atoms with Crippen LogP contribution in [-0.2, 0) is 16.0 Å². The highest BCUT2D eigenvalue weighted by molar-refractivity contribution is 6.32. The van der Waals surface area contributed by atoms with Crippen LogP contribution in [0.15, 0.2) is 30.3 Å². The third-order valence-electron chi connectivity index (χ3n) is 4.22. The van der Waals surface area contributed by atoms with Gasteiger partial charge in [-0.25, -0.2) is 9.78 Å². The molecule has 0 radical (unpaired) electrons. The van der Waals surface area contributed by atoms with Crippen LogP contribution in [0, 0.1) is 13.8 Å². The van der Waals surface area contributed by atoms with Crippen molar-refractivity contribution >= 4 is 23.5 Å². The lowest BCUT2D eigenvalue weighted by Crippen LogP contribution is -2.30. The zero-order valence-electron chi connectivity index (χ0n) is 16.1. The summed E-state index contributed by atoms with van der Waals surface area (Å²) in [6.45, 7) is 7.97. The van der Waals surface area contributed by atoms with E-state index in [0.29, 0.717) is 30.1 Å². The van der Waals surface area contributed by atoms with Crippen LogP contribution in [0.2, 0.25) is 5.15 Å². The van der Waals surface area contributed by atoms with Crippen LogP contribution in [0.4, 0.5) is 0 Å². The van der Waals surface area contributed by atoms with Crippen LogP contribution in [0.5, 0.6) is 0 Å². The predicted octanol–water partition coefficient (Wildman–Crippen LogP) is 3.99. The van der Waals surface area contributed by atoms with Gasteiger partial charge in [0.25, 0.3) is 5.91 Å². The molecule has 0 saturated heterocycles. The van der Waals surface area contributed by atoms with Crippen LogP contribution in [0.3, 0.4) is 0 Å². The third kappa shape index (κ3) is 6.07. The van der Waals surface area contributed by atoms with Gasteiger partial charge in [0.1, 0.15) is 5.15 Å². The lowest BCUT2D eigenvalue weighted by molar-refractivity contribution is -0.124. The second-order valence-corrected chi connectivity index (χ2v) is 7.18. The first-order valence-corrected chi connectivity index (χ1v) is 9.32. The van der Waals surface area contributed by atoms with Crippen molar-refractivity contribution in [2.75, 3.05) is 13.2 Å². The van der Waals surface area contributed by atoms with Gasteiger partial charge >= 0.3 is 5.97 Å². The van der Waals surface area contributed by atoms with E-state index in [4.69, 9.17) is 16.3 Å². The highest BCUT2D eigenvalue weighted by Gasteiger charge is 2.18. The number of carbonyl (C=O) groups is 2. The minimum atomic E-state index is -0.649. The van der Waals surface area contributed by atoms with Gasteiger partial charge < -0.3 is 10.1 Å². The summed E-state index contributed by atoms with van der Waals surface area (Å²) in [4.78, 5) is 28.1. The van der Waals surface area contributed by atoms with Crippen LogP contribution in [0.25, 0.3) is 0 Å². The molecule has 2 aromatic rings. The Morgan fingerprint density at radius 1 is 1.19 bits per heavy atom. The van der Waals surface area contributed by atoms with E-state index in [1.165, 1.54) is 5.56 Å².